The number of ether oxygens (including phenoxy) is 1. The third-order valence-corrected chi connectivity index (χ3v) is 4.10. The molecule has 0 N–H and O–H groups in total. The van der Waals surface area contributed by atoms with Crippen LogP contribution in [0, 0.1) is 10.5 Å². The van der Waals surface area contributed by atoms with Gasteiger partial charge in [-0.25, -0.2) is 0 Å². The van der Waals surface area contributed by atoms with Crippen LogP contribution in [0.4, 0.5) is 5.69 Å². The van der Waals surface area contributed by atoms with Crippen LogP contribution in [0.5, 0.6) is 5.75 Å². The number of anilines is 1. The van der Waals surface area contributed by atoms with Crippen molar-refractivity contribution in [3.05, 3.63) is 57.7 Å². The van der Waals surface area contributed by atoms with Crippen LogP contribution in [0.1, 0.15) is 12.5 Å². The first kappa shape index (κ1) is 15.8. The average Bonchev–Trinajstić information content (AvgIpc) is 2.49. The minimum atomic E-state index is -0.0357. The Morgan fingerprint density at radius 3 is 2.48 bits per heavy atom. The Bertz CT molecular complexity index is 628. The van der Waals surface area contributed by atoms with Crippen molar-refractivity contribution in [1.82, 2.24) is 0 Å². The van der Waals surface area contributed by atoms with Crippen molar-refractivity contribution in [1.29, 1.82) is 0 Å². The molecule has 0 radical (unpaired) electrons. The Balaban J connectivity index is 2.08. The molecule has 0 aliphatic carbocycles. The molecule has 21 heavy (non-hydrogen) atoms. The van der Waals surface area contributed by atoms with Crippen LogP contribution < -0.4 is 9.64 Å². The molecule has 0 aromatic heterocycles. The number of nitrogens with zero attached hydrogens (tertiary/aromatic N) is 1. The van der Waals surface area contributed by atoms with Gasteiger partial charge in [-0.3, -0.25) is 4.79 Å². The highest BCUT2D eigenvalue weighted by molar-refractivity contribution is 14.1. The molecular formula is C17H18INO2. The van der Waals surface area contributed by atoms with Gasteiger partial charge < -0.3 is 9.64 Å². The van der Waals surface area contributed by atoms with E-state index in [-0.39, 0.29) is 12.5 Å². The van der Waals surface area contributed by atoms with Crippen LogP contribution in [-0.4, -0.2) is 19.1 Å². The van der Waals surface area contributed by atoms with Gasteiger partial charge in [0.05, 0.1) is 3.57 Å². The lowest BCUT2D eigenvalue weighted by molar-refractivity contribution is -0.120. The summed E-state index contributed by atoms with van der Waals surface area (Å²) in [6, 6.07) is 15.6. The normalized spacial score (nSPS) is 10.2. The van der Waals surface area contributed by atoms with Gasteiger partial charge in [0.2, 0.25) is 0 Å². The van der Waals surface area contributed by atoms with E-state index in [1.807, 2.05) is 62.4 Å². The van der Waals surface area contributed by atoms with Crippen LogP contribution >= 0.6 is 22.6 Å². The van der Waals surface area contributed by atoms with Crippen molar-refractivity contribution >= 4 is 34.2 Å². The number of halogens is 1. The molecule has 2 aromatic carbocycles. The van der Waals surface area contributed by atoms with Crippen LogP contribution in [0.3, 0.4) is 0 Å². The summed E-state index contributed by atoms with van der Waals surface area (Å²) in [6.45, 7) is 4.64. The van der Waals surface area contributed by atoms with Crippen molar-refractivity contribution in [3.63, 3.8) is 0 Å². The van der Waals surface area contributed by atoms with Crippen molar-refractivity contribution < 1.29 is 9.53 Å². The summed E-state index contributed by atoms with van der Waals surface area (Å²) < 4.78 is 6.65. The van der Waals surface area contributed by atoms with E-state index in [1.165, 1.54) is 0 Å². The van der Waals surface area contributed by atoms with Crippen molar-refractivity contribution in [2.45, 2.75) is 13.8 Å². The molecule has 110 valence electrons. The second kappa shape index (κ2) is 7.45. The van der Waals surface area contributed by atoms with E-state index in [9.17, 15) is 4.79 Å². The molecule has 0 spiro atoms. The molecule has 2 aromatic rings. The summed E-state index contributed by atoms with van der Waals surface area (Å²) in [5, 5.41) is 0. The number of carbonyl (C=O) groups excluding carboxylic acids is 1. The summed E-state index contributed by atoms with van der Waals surface area (Å²) in [5.74, 6) is 0.707. The van der Waals surface area contributed by atoms with Crippen molar-refractivity contribution in [3.8, 4) is 5.75 Å². The van der Waals surface area contributed by atoms with Crippen molar-refractivity contribution in [2.24, 2.45) is 0 Å². The first-order valence-electron chi connectivity index (χ1n) is 6.86. The zero-order valence-electron chi connectivity index (χ0n) is 12.2. The number of para-hydroxylation sites is 2. The van der Waals surface area contributed by atoms with Gasteiger partial charge in [0.25, 0.3) is 5.91 Å². The van der Waals surface area contributed by atoms with E-state index >= 15 is 0 Å². The molecule has 2 rings (SSSR count). The summed E-state index contributed by atoms with van der Waals surface area (Å²) >= 11 is 2.20. The topological polar surface area (TPSA) is 29.5 Å². The number of hydrogen-bond donors (Lipinski definition) is 0. The van der Waals surface area contributed by atoms with E-state index in [0.717, 1.165) is 20.6 Å². The Morgan fingerprint density at radius 2 is 1.81 bits per heavy atom. The summed E-state index contributed by atoms with van der Waals surface area (Å²) in [5.41, 5.74) is 2.03. The summed E-state index contributed by atoms with van der Waals surface area (Å²) in [7, 11) is 0. The molecular weight excluding hydrogens is 377 g/mol. The average molecular weight is 395 g/mol. The number of aryl methyl sites for hydroxylation is 1. The van der Waals surface area contributed by atoms with Gasteiger partial charge in [-0.05, 0) is 60.2 Å². The molecule has 0 aliphatic heterocycles. The first-order chi connectivity index (χ1) is 10.1. The van der Waals surface area contributed by atoms with Crippen LogP contribution in [0.25, 0.3) is 0 Å². The fraction of sp³-hybridized carbons (Fsp3) is 0.235. The minimum absolute atomic E-state index is 0.0357. The number of carbonyl (C=O) groups is 1. The zero-order chi connectivity index (χ0) is 15.2. The molecule has 0 aliphatic rings. The smallest absolute Gasteiger partial charge is 0.264 e. The fourth-order valence-electron chi connectivity index (χ4n) is 2.13. The number of likely N-dealkylation sites (N-methyl/N-ethyl adjacent to an activating group) is 1. The number of amides is 1. The standard InChI is InChI=1S/C17H18INO2/c1-3-19(15-10-6-4-8-13(15)2)17(20)12-21-16-11-7-5-9-14(16)18/h4-11H,3,12H2,1-2H3. The molecule has 0 bridgehead atoms. The molecule has 0 atom stereocenters. The Hall–Kier alpha value is -1.56. The van der Waals surface area contributed by atoms with Gasteiger partial charge >= 0.3 is 0 Å². The summed E-state index contributed by atoms with van der Waals surface area (Å²) in [4.78, 5) is 14.2. The maximum absolute atomic E-state index is 12.4. The number of rotatable bonds is 5. The Morgan fingerprint density at radius 1 is 1.14 bits per heavy atom. The third kappa shape index (κ3) is 3.97. The maximum atomic E-state index is 12.4. The predicted molar refractivity (Wildman–Crippen MR) is 93.9 cm³/mol. The van der Waals surface area contributed by atoms with Gasteiger partial charge in [-0.2, -0.15) is 0 Å². The lowest BCUT2D eigenvalue weighted by atomic mass is 10.2. The molecule has 1 amide bonds. The van der Waals surface area contributed by atoms with Crippen molar-refractivity contribution in [2.75, 3.05) is 18.1 Å². The second-order valence-electron chi connectivity index (χ2n) is 4.64. The largest absolute Gasteiger partial charge is 0.483 e. The molecule has 0 heterocycles. The number of benzene rings is 2. The van der Waals surface area contributed by atoms with Gasteiger partial charge in [-0.15, -0.1) is 0 Å². The van der Waals surface area contributed by atoms with E-state index in [0.29, 0.717) is 6.54 Å². The molecule has 0 unspecified atom stereocenters. The highest BCUT2D eigenvalue weighted by Crippen LogP contribution is 2.21. The number of hydrogen-bond acceptors (Lipinski definition) is 2. The Kier molecular flexibility index (Phi) is 5.61. The highest BCUT2D eigenvalue weighted by Gasteiger charge is 2.16. The lowest BCUT2D eigenvalue weighted by Gasteiger charge is -2.23. The quantitative estimate of drug-likeness (QED) is 0.716. The Labute approximate surface area is 139 Å². The fourth-order valence-corrected chi connectivity index (χ4v) is 2.67. The van der Waals surface area contributed by atoms with Gasteiger partial charge in [0.15, 0.2) is 6.61 Å². The molecule has 4 heteroatoms. The molecule has 3 nitrogen and oxygen atoms in total. The van der Waals surface area contributed by atoms with E-state index in [2.05, 4.69) is 22.6 Å². The minimum Gasteiger partial charge on any atom is -0.483 e. The monoisotopic (exact) mass is 395 g/mol. The lowest BCUT2D eigenvalue weighted by Crippen LogP contribution is -2.35. The van der Waals surface area contributed by atoms with Crippen LogP contribution in [0.15, 0.2) is 48.5 Å². The van der Waals surface area contributed by atoms with Gasteiger partial charge in [0, 0.05) is 12.2 Å². The SMILES string of the molecule is CCN(C(=O)COc1ccccc1I)c1ccccc1C. The molecule has 0 saturated heterocycles. The van der Waals surface area contributed by atoms with Crippen LogP contribution in [-0.2, 0) is 4.79 Å². The summed E-state index contributed by atoms with van der Waals surface area (Å²) in [6.07, 6.45) is 0. The van der Waals surface area contributed by atoms with Gasteiger partial charge in [0.1, 0.15) is 5.75 Å². The highest BCUT2D eigenvalue weighted by atomic mass is 127. The first-order valence-corrected chi connectivity index (χ1v) is 7.94. The van der Waals surface area contributed by atoms with Gasteiger partial charge in [-0.1, -0.05) is 30.3 Å². The van der Waals surface area contributed by atoms with Crippen LogP contribution in [0.2, 0.25) is 0 Å². The second-order valence-corrected chi connectivity index (χ2v) is 5.81. The predicted octanol–water partition coefficient (Wildman–Crippen LogP) is 4.03. The zero-order valence-corrected chi connectivity index (χ0v) is 14.3. The maximum Gasteiger partial charge on any atom is 0.264 e. The third-order valence-electron chi connectivity index (χ3n) is 3.21. The van der Waals surface area contributed by atoms with E-state index in [1.54, 1.807) is 4.90 Å². The van der Waals surface area contributed by atoms with E-state index < -0.39 is 0 Å². The molecule has 0 saturated carbocycles. The van der Waals surface area contributed by atoms with E-state index in [4.69, 9.17) is 4.74 Å². The molecule has 0 fully saturated rings.